The van der Waals surface area contributed by atoms with Crippen molar-refractivity contribution >= 4 is 11.5 Å². The van der Waals surface area contributed by atoms with E-state index in [9.17, 15) is 9.90 Å². The average Bonchev–Trinajstić information content (AvgIpc) is 3.27. The highest BCUT2D eigenvalue weighted by molar-refractivity contribution is 5.72. The number of pyridine rings is 1. The first-order valence-corrected chi connectivity index (χ1v) is 8.78. The molecule has 0 fully saturated rings. The number of aromatic amines is 1. The van der Waals surface area contributed by atoms with E-state index in [2.05, 4.69) is 37.0 Å². The number of carboxylic acids is 1. The second-order valence-corrected chi connectivity index (χ2v) is 7.77. The standard InChI is InChI=1S/C18H24N6O2/c1-18(2,3)15(17(25)26)13(16-21-23-24-22-16)8-11-4-5-14(20-9-11)12-6-7-19-10-12/h4-6,9,13,15,19H,7-8,10H2,1-3H3,(H,25,26)(H,21,22,23,24)/p+1/t13-,15-/m0/s1. The molecule has 4 N–H and O–H groups in total. The van der Waals surface area contributed by atoms with Gasteiger partial charge in [-0.1, -0.05) is 32.1 Å². The van der Waals surface area contributed by atoms with Crippen molar-refractivity contribution in [2.75, 3.05) is 13.1 Å². The molecule has 1 aliphatic rings. The topological polar surface area (TPSA) is 121 Å². The molecule has 138 valence electrons. The summed E-state index contributed by atoms with van der Waals surface area (Å²) >= 11 is 0. The summed E-state index contributed by atoms with van der Waals surface area (Å²) in [6, 6.07) is 4.01. The number of H-pyrrole nitrogens is 1. The molecule has 0 unspecified atom stereocenters. The van der Waals surface area contributed by atoms with E-state index in [1.54, 1.807) is 0 Å². The zero-order valence-electron chi connectivity index (χ0n) is 15.3. The third-order valence-corrected chi connectivity index (χ3v) is 4.80. The lowest BCUT2D eigenvalue weighted by Crippen LogP contribution is -2.81. The first-order valence-electron chi connectivity index (χ1n) is 8.78. The van der Waals surface area contributed by atoms with Crippen molar-refractivity contribution in [1.82, 2.24) is 25.6 Å². The number of rotatable bonds is 6. The lowest BCUT2D eigenvalue weighted by atomic mass is 9.71. The predicted molar refractivity (Wildman–Crippen MR) is 95.1 cm³/mol. The van der Waals surface area contributed by atoms with Gasteiger partial charge in [0.05, 0.1) is 18.2 Å². The molecule has 1 aliphatic heterocycles. The normalized spacial score (nSPS) is 17.0. The quantitative estimate of drug-likeness (QED) is 0.697. The third-order valence-electron chi connectivity index (χ3n) is 4.80. The lowest BCUT2D eigenvalue weighted by Gasteiger charge is -2.32. The molecule has 2 aromatic heterocycles. The van der Waals surface area contributed by atoms with Gasteiger partial charge in [0.25, 0.3) is 0 Å². The molecule has 0 amide bonds. The number of nitrogens with zero attached hydrogens (tertiary/aromatic N) is 4. The minimum Gasteiger partial charge on any atom is -0.481 e. The van der Waals surface area contributed by atoms with E-state index >= 15 is 0 Å². The van der Waals surface area contributed by atoms with Gasteiger partial charge in [0, 0.05) is 17.7 Å². The van der Waals surface area contributed by atoms with E-state index < -0.39 is 23.2 Å². The van der Waals surface area contributed by atoms with Crippen molar-refractivity contribution in [3.63, 3.8) is 0 Å². The highest BCUT2D eigenvalue weighted by atomic mass is 16.4. The zero-order valence-corrected chi connectivity index (χ0v) is 15.3. The fourth-order valence-corrected chi connectivity index (χ4v) is 3.58. The molecule has 0 spiro atoms. The summed E-state index contributed by atoms with van der Waals surface area (Å²) in [5.41, 5.74) is 2.73. The van der Waals surface area contributed by atoms with Gasteiger partial charge in [-0.05, 0) is 29.5 Å². The first-order chi connectivity index (χ1) is 12.4. The lowest BCUT2D eigenvalue weighted by molar-refractivity contribution is -0.628. The van der Waals surface area contributed by atoms with E-state index in [0.29, 0.717) is 12.2 Å². The van der Waals surface area contributed by atoms with Crippen molar-refractivity contribution in [3.05, 3.63) is 41.5 Å². The highest BCUT2D eigenvalue weighted by Crippen LogP contribution is 2.38. The molecule has 2 atom stereocenters. The Labute approximate surface area is 152 Å². The van der Waals surface area contributed by atoms with E-state index in [1.807, 2.05) is 39.1 Å². The maximum atomic E-state index is 12.0. The molecule has 8 nitrogen and oxygen atoms in total. The Hall–Kier alpha value is -2.61. The van der Waals surface area contributed by atoms with E-state index in [-0.39, 0.29) is 0 Å². The molecule has 0 radical (unpaired) electrons. The van der Waals surface area contributed by atoms with Crippen LogP contribution in [0.15, 0.2) is 24.4 Å². The summed E-state index contributed by atoms with van der Waals surface area (Å²) in [4.78, 5) is 16.5. The van der Waals surface area contributed by atoms with Gasteiger partial charge in [-0.15, -0.1) is 10.2 Å². The molecule has 0 saturated heterocycles. The summed E-state index contributed by atoms with van der Waals surface area (Å²) in [5, 5.41) is 26.2. The second-order valence-electron chi connectivity index (χ2n) is 7.77. The number of hydrogen-bond acceptors (Lipinski definition) is 5. The smallest absolute Gasteiger partial charge is 0.307 e. The first kappa shape index (κ1) is 18.2. The van der Waals surface area contributed by atoms with Crippen LogP contribution in [-0.4, -0.2) is 49.8 Å². The van der Waals surface area contributed by atoms with Crippen molar-refractivity contribution in [1.29, 1.82) is 0 Å². The number of nitrogens with one attached hydrogen (secondary N) is 1. The molecule has 2 aromatic rings. The minimum atomic E-state index is -0.858. The van der Waals surface area contributed by atoms with Crippen LogP contribution < -0.4 is 5.32 Å². The molecule has 26 heavy (non-hydrogen) atoms. The van der Waals surface area contributed by atoms with Gasteiger partial charge >= 0.3 is 5.97 Å². The maximum absolute atomic E-state index is 12.0. The number of carbonyl (C=O) groups is 1. The Morgan fingerprint density at radius 1 is 1.38 bits per heavy atom. The summed E-state index contributed by atoms with van der Waals surface area (Å²) in [5.74, 6) is -1.47. The maximum Gasteiger partial charge on any atom is 0.307 e. The molecule has 8 heteroatoms. The van der Waals surface area contributed by atoms with Crippen LogP contribution in [0.25, 0.3) is 5.57 Å². The second kappa shape index (κ2) is 7.33. The average molecular weight is 357 g/mol. The van der Waals surface area contributed by atoms with Gasteiger partial charge < -0.3 is 10.4 Å². The third kappa shape index (κ3) is 3.96. The van der Waals surface area contributed by atoms with Crippen molar-refractivity contribution < 1.29 is 15.2 Å². The van der Waals surface area contributed by atoms with Crippen LogP contribution in [0.3, 0.4) is 0 Å². The van der Waals surface area contributed by atoms with Crippen LogP contribution in [0.2, 0.25) is 0 Å². The monoisotopic (exact) mass is 357 g/mol. The Bertz CT molecular complexity index is 777. The molecular formula is C18H25N6O2+. The Morgan fingerprint density at radius 3 is 2.69 bits per heavy atom. The molecule has 0 bridgehead atoms. The van der Waals surface area contributed by atoms with E-state index in [0.717, 1.165) is 24.3 Å². The van der Waals surface area contributed by atoms with Gasteiger partial charge in [-0.2, -0.15) is 5.21 Å². The summed E-state index contributed by atoms with van der Waals surface area (Å²) in [6.07, 6.45) is 4.50. The number of hydrogen-bond donors (Lipinski definition) is 3. The van der Waals surface area contributed by atoms with Crippen LogP contribution in [0.4, 0.5) is 0 Å². The van der Waals surface area contributed by atoms with E-state index in [1.165, 1.54) is 5.57 Å². The van der Waals surface area contributed by atoms with Crippen molar-refractivity contribution in [2.45, 2.75) is 33.1 Å². The number of carboxylic acid groups (broad SMARTS) is 1. The van der Waals surface area contributed by atoms with E-state index in [4.69, 9.17) is 0 Å². The van der Waals surface area contributed by atoms with Crippen LogP contribution in [0.5, 0.6) is 0 Å². The molecule has 0 aromatic carbocycles. The van der Waals surface area contributed by atoms with Gasteiger partial charge in [0.1, 0.15) is 6.54 Å². The number of aliphatic carboxylic acids is 1. The number of tetrazole rings is 1. The number of quaternary nitrogens is 1. The summed E-state index contributed by atoms with van der Waals surface area (Å²) in [6.45, 7) is 7.70. The Morgan fingerprint density at radius 2 is 2.19 bits per heavy atom. The van der Waals surface area contributed by atoms with Gasteiger partial charge in [0.15, 0.2) is 5.82 Å². The van der Waals surface area contributed by atoms with Crippen LogP contribution in [-0.2, 0) is 11.2 Å². The number of aromatic nitrogens is 5. The SMILES string of the molecule is CC(C)(C)[C@H](C(=O)O)[C@H](Cc1ccc(C2=CC[NH2+]C2)nc1)c1nn[nH]n1. The fraction of sp³-hybridized carbons (Fsp3) is 0.500. The molecule has 0 aliphatic carbocycles. The zero-order chi connectivity index (χ0) is 18.7. The summed E-state index contributed by atoms with van der Waals surface area (Å²) in [7, 11) is 0. The van der Waals surface area contributed by atoms with Crippen LogP contribution in [0.1, 0.15) is 43.8 Å². The fourth-order valence-electron chi connectivity index (χ4n) is 3.58. The predicted octanol–water partition coefficient (Wildman–Crippen LogP) is 0.628. The van der Waals surface area contributed by atoms with Gasteiger partial charge in [-0.25, -0.2) is 0 Å². The Balaban J connectivity index is 1.87. The molecule has 3 heterocycles. The summed E-state index contributed by atoms with van der Waals surface area (Å²) < 4.78 is 0. The van der Waals surface area contributed by atoms with Gasteiger partial charge in [0.2, 0.25) is 0 Å². The minimum absolute atomic E-state index is 0.391. The largest absolute Gasteiger partial charge is 0.481 e. The molecular weight excluding hydrogens is 332 g/mol. The van der Waals surface area contributed by atoms with Gasteiger partial charge in [-0.3, -0.25) is 9.78 Å². The van der Waals surface area contributed by atoms with Crippen LogP contribution >= 0.6 is 0 Å². The van der Waals surface area contributed by atoms with Crippen molar-refractivity contribution in [2.24, 2.45) is 11.3 Å². The Kier molecular flexibility index (Phi) is 5.13. The number of nitrogens with two attached hydrogens (primary N) is 1. The molecule has 0 saturated carbocycles. The highest BCUT2D eigenvalue weighted by Gasteiger charge is 2.41. The molecule has 3 rings (SSSR count). The van der Waals surface area contributed by atoms with Crippen LogP contribution in [0, 0.1) is 11.3 Å². The van der Waals surface area contributed by atoms with Crippen molar-refractivity contribution in [3.8, 4) is 0 Å².